The SMILES string of the molecule is O=C(C1CCCCC1)N1CCN(c2ncnc3c2nnn3-c2cccc(F)c2)CC1. The van der Waals surface area contributed by atoms with Gasteiger partial charge < -0.3 is 9.80 Å². The van der Waals surface area contributed by atoms with Crippen LogP contribution in [0.15, 0.2) is 30.6 Å². The summed E-state index contributed by atoms with van der Waals surface area (Å²) in [6, 6.07) is 6.17. The summed E-state index contributed by atoms with van der Waals surface area (Å²) in [5.41, 5.74) is 1.67. The highest BCUT2D eigenvalue weighted by atomic mass is 19.1. The van der Waals surface area contributed by atoms with Crippen molar-refractivity contribution in [3.05, 3.63) is 36.4 Å². The van der Waals surface area contributed by atoms with Gasteiger partial charge in [-0.25, -0.2) is 14.4 Å². The van der Waals surface area contributed by atoms with E-state index in [-0.39, 0.29) is 11.7 Å². The van der Waals surface area contributed by atoms with Gasteiger partial charge >= 0.3 is 0 Å². The maximum atomic E-state index is 13.6. The number of piperazine rings is 1. The lowest BCUT2D eigenvalue weighted by molar-refractivity contribution is -0.136. The Kier molecular flexibility index (Phi) is 5.02. The molecule has 0 atom stereocenters. The highest BCUT2D eigenvalue weighted by Gasteiger charge is 2.29. The number of carbonyl (C=O) groups is 1. The number of aromatic nitrogens is 5. The molecule has 2 aliphatic rings. The number of anilines is 1. The Labute approximate surface area is 173 Å². The number of halogens is 1. The van der Waals surface area contributed by atoms with Gasteiger partial charge in [-0.3, -0.25) is 4.79 Å². The van der Waals surface area contributed by atoms with Gasteiger partial charge in [-0.05, 0) is 31.0 Å². The average molecular weight is 409 g/mol. The minimum atomic E-state index is -0.343. The van der Waals surface area contributed by atoms with Crippen LogP contribution in [0.2, 0.25) is 0 Å². The lowest BCUT2D eigenvalue weighted by Gasteiger charge is -2.37. The predicted octanol–water partition coefficient (Wildman–Crippen LogP) is 2.58. The Morgan fingerprint density at radius 2 is 1.83 bits per heavy atom. The highest BCUT2D eigenvalue weighted by Crippen LogP contribution is 2.27. The second kappa shape index (κ2) is 7.97. The van der Waals surface area contributed by atoms with E-state index < -0.39 is 0 Å². The molecule has 3 aromatic rings. The topological polar surface area (TPSA) is 80.0 Å². The number of nitrogens with zero attached hydrogens (tertiary/aromatic N) is 7. The van der Waals surface area contributed by atoms with Gasteiger partial charge in [0.1, 0.15) is 12.1 Å². The van der Waals surface area contributed by atoms with E-state index in [9.17, 15) is 9.18 Å². The van der Waals surface area contributed by atoms with Gasteiger partial charge in [0.25, 0.3) is 0 Å². The fourth-order valence-corrected chi connectivity index (χ4v) is 4.50. The van der Waals surface area contributed by atoms with Crippen molar-refractivity contribution in [3.8, 4) is 5.69 Å². The van der Waals surface area contributed by atoms with E-state index in [2.05, 4.69) is 25.2 Å². The second-order valence-electron chi connectivity index (χ2n) is 8.00. The van der Waals surface area contributed by atoms with Crippen LogP contribution in [0, 0.1) is 11.7 Å². The zero-order chi connectivity index (χ0) is 20.5. The third-order valence-electron chi connectivity index (χ3n) is 6.12. The molecule has 0 unspecified atom stereocenters. The Balaban J connectivity index is 1.34. The molecule has 2 fully saturated rings. The fourth-order valence-electron chi connectivity index (χ4n) is 4.50. The first-order valence-electron chi connectivity index (χ1n) is 10.6. The van der Waals surface area contributed by atoms with E-state index in [1.54, 1.807) is 12.1 Å². The minimum absolute atomic E-state index is 0.197. The van der Waals surface area contributed by atoms with Crippen molar-refractivity contribution in [3.63, 3.8) is 0 Å². The van der Waals surface area contributed by atoms with Crippen LogP contribution in [0.1, 0.15) is 32.1 Å². The van der Waals surface area contributed by atoms with E-state index in [1.165, 1.54) is 29.6 Å². The van der Waals surface area contributed by atoms with Crippen LogP contribution in [0.3, 0.4) is 0 Å². The first-order chi connectivity index (χ1) is 14.7. The number of hydrogen-bond donors (Lipinski definition) is 0. The van der Waals surface area contributed by atoms with E-state index in [0.717, 1.165) is 25.7 Å². The molecule has 1 amide bonds. The Bertz CT molecular complexity index is 1050. The minimum Gasteiger partial charge on any atom is -0.351 e. The van der Waals surface area contributed by atoms with Crippen LogP contribution in [-0.4, -0.2) is 61.9 Å². The van der Waals surface area contributed by atoms with Crippen LogP contribution < -0.4 is 4.90 Å². The Hall–Kier alpha value is -3.10. The number of amides is 1. The summed E-state index contributed by atoms with van der Waals surface area (Å²) in [6.45, 7) is 2.74. The molecule has 1 saturated heterocycles. The number of hydrogen-bond acceptors (Lipinski definition) is 6. The van der Waals surface area contributed by atoms with Gasteiger partial charge in [-0.2, -0.15) is 4.68 Å². The van der Waals surface area contributed by atoms with Crippen LogP contribution in [0.4, 0.5) is 10.2 Å². The summed E-state index contributed by atoms with van der Waals surface area (Å²) in [4.78, 5) is 25.7. The van der Waals surface area contributed by atoms with Crippen molar-refractivity contribution in [2.24, 2.45) is 5.92 Å². The molecule has 0 radical (unpaired) electrons. The molecular weight excluding hydrogens is 385 g/mol. The molecule has 2 aromatic heterocycles. The van der Waals surface area contributed by atoms with Crippen LogP contribution in [0.5, 0.6) is 0 Å². The first-order valence-corrected chi connectivity index (χ1v) is 10.6. The van der Waals surface area contributed by atoms with Crippen molar-refractivity contribution in [1.29, 1.82) is 0 Å². The van der Waals surface area contributed by atoms with E-state index in [4.69, 9.17) is 0 Å². The fraction of sp³-hybridized carbons (Fsp3) is 0.476. The predicted molar refractivity (Wildman–Crippen MR) is 110 cm³/mol. The van der Waals surface area contributed by atoms with Gasteiger partial charge in [-0.15, -0.1) is 5.10 Å². The largest absolute Gasteiger partial charge is 0.351 e. The Morgan fingerprint density at radius 3 is 2.60 bits per heavy atom. The maximum absolute atomic E-state index is 13.6. The molecule has 0 bridgehead atoms. The summed E-state index contributed by atoms with van der Waals surface area (Å²) in [6.07, 6.45) is 7.10. The maximum Gasteiger partial charge on any atom is 0.225 e. The smallest absolute Gasteiger partial charge is 0.225 e. The van der Waals surface area contributed by atoms with E-state index in [0.29, 0.717) is 54.8 Å². The molecule has 0 spiro atoms. The summed E-state index contributed by atoms with van der Waals surface area (Å²) < 4.78 is 15.2. The molecule has 1 aromatic carbocycles. The summed E-state index contributed by atoms with van der Waals surface area (Å²) in [7, 11) is 0. The van der Waals surface area contributed by atoms with Gasteiger partial charge in [0.2, 0.25) is 5.91 Å². The standard InChI is InChI=1S/C21H24FN7O/c22-16-7-4-8-17(13-16)29-20-18(25-26-29)19(23-14-24-20)27-9-11-28(12-10-27)21(30)15-5-2-1-3-6-15/h4,7-8,13-15H,1-3,5-6,9-12H2. The van der Waals surface area contributed by atoms with Crippen LogP contribution >= 0.6 is 0 Å². The van der Waals surface area contributed by atoms with Crippen LogP contribution in [-0.2, 0) is 4.79 Å². The number of carbonyl (C=O) groups excluding carboxylic acids is 1. The molecule has 0 N–H and O–H groups in total. The van der Waals surface area contributed by atoms with Crippen LogP contribution in [0.25, 0.3) is 16.9 Å². The van der Waals surface area contributed by atoms with Gasteiger partial charge in [0.15, 0.2) is 17.0 Å². The molecule has 156 valence electrons. The lowest BCUT2D eigenvalue weighted by Crippen LogP contribution is -2.50. The molecular formula is C21H24FN7O. The van der Waals surface area contributed by atoms with Crippen molar-refractivity contribution in [2.75, 3.05) is 31.1 Å². The monoisotopic (exact) mass is 409 g/mol. The average Bonchev–Trinajstić information content (AvgIpc) is 3.24. The van der Waals surface area contributed by atoms with Gasteiger partial charge in [-0.1, -0.05) is 30.5 Å². The number of fused-ring (bicyclic) bond motifs is 1. The summed E-state index contributed by atoms with van der Waals surface area (Å²) in [5.74, 6) is 0.859. The molecule has 30 heavy (non-hydrogen) atoms. The Morgan fingerprint density at radius 1 is 1.03 bits per heavy atom. The van der Waals surface area contributed by atoms with E-state index >= 15 is 0 Å². The highest BCUT2D eigenvalue weighted by molar-refractivity contribution is 5.84. The second-order valence-corrected chi connectivity index (χ2v) is 8.00. The molecule has 1 aliphatic heterocycles. The lowest BCUT2D eigenvalue weighted by atomic mass is 9.88. The third-order valence-corrected chi connectivity index (χ3v) is 6.12. The zero-order valence-corrected chi connectivity index (χ0v) is 16.7. The molecule has 8 nitrogen and oxygen atoms in total. The number of rotatable bonds is 3. The number of benzene rings is 1. The molecule has 3 heterocycles. The van der Waals surface area contributed by atoms with Crippen molar-refractivity contribution >= 4 is 22.9 Å². The summed E-state index contributed by atoms with van der Waals surface area (Å²) in [5, 5.41) is 8.44. The van der Waals surface area contributed by atoms with Crippen molar-refractivity contribution in [1.82, 2.24) is 29.9 Å². The third kappa shape index (κ3) is 3.48. The molecule has 1 saturated carbocycles. The normalized spacial score (nSPS) is 18.2. The summed E-state index contributed by atoms with van der Waals surface area (Å²) >= 11 is 0. The quantitative estimate of drug-likeness (QED) is 0.662. The van der Waals surface area contributed by atoms with E-state index in [1.807, 2.05) is 4.90 Å². The zero-order valence-electron chi connectivity index (χ0n) is 16.7. The molecule has 9 heteroatoms. The van der Waals surface area contributed by atoms with Crippen molar-refractivity contribution in [2.45, 2.75) is 32.1 Å². The first kappa shape index (κ1) is 18.9. The van der Waals surface area contributed by atoms with Crippen molar-refractivity contribution < 1.29 is 9.18 Å². The van der Waals surface area contributed by atoms with Gasteiger partial charge in [0, 0.05) is 32.1 Å². The molecule has 5 rings (SSSR count). The molecule has 1 aliphatic carbocycles. The van der Waals surface area contributed by atoms with Gasteiger partial charge in [0.05, 0.1) is 5.69 Å².